The van der Waals surface area contributed by atoms with Crippen LogP contribution in [0, 0.1) is 17.0 Å². The number of rotatable bonds is 13. The van der Waals surface area contributed by atoms with E-state index in [9.17, 15) is 33.2 Å². The summed E-state index contributed by atoms with van der Waals surface area (Å²) in [6.07, 6.45) is 0. The van der Waals surface area contributed by atoms with Crippen molar-refractivity contribution in [2.24, 2.45) is 7.05 Å². The van der Waals surface area contributed by atoms with Gasteiger partial charge >= 0.3 is 10.8 Å². The number of carbonyl (C=O) groups is 2. The van der Waals surface area contributed by atoms with Crippen LogP contribution in [0.4, 0.5) is 17.1 Å². The third-order valence-corrected chi connectivity index (χ3v) is 12.2. The number of thioether (sulfide) groups is 1. The van der Waals surface area contributed by atoms with E-state index in [1.807, 2.05) is 30.3 Å². The zero-order valence-electron chi connectivity index (χ0n) is 30.2. The first-order valence-corrected chi connectivity index (χ1v) is 20.1. The van der Waals surface area contributed by atoms with Crippen molar-refractivity contribution < 1.29 is 37.5 Å². The lowest BCUT2D eigenvalue weighted by Crippen LogP contribution is -2.35. The normalized spacial score (nSPS) is 11.8. The summed E-state index contributed by atoms with van der Waals surface area (Å²) in [4.78, 5) is 39.7. The van der Waals surface area contributed by atoms with Crippen molar-refractivity contribution >= 4 is 73.7 Å². The minimum atomic E-state index is -4.18. The zero-order valence-corrected chi connectivity index (χ0v) is 33.4. The number of benzene rings is 5. The number of nitrogens with one attached hydrogen (secondary N) is 2. The number of nitro groups is 1. The van der Waals surface area contributed by atoms with Crippen LogP contribution in [0.5, 0.6) is 17.2 Å². The second-order valence-electron chi connectivity index (χ2n) is 12.5. The topological polar surface area (TPSA) is 200 Å². The van der Waals surface area contributed by atoms with E-state index >= 15 is 0 Å². The summed E-state index contributed by atoms with van der Waals surface area (Å²) < 4.78 is 34.4. The van der Waals surface area contributed by atoms with E-state index in [0.29, 0.717) is 10.7 Å². The molecule has 2 amide bonds. The molecule has 0 aliphatic carbocycles. The molecule has 1 aromatic heterocycles. The van der Waals surface area contributed by atoms with Crippen LogP contribution in [0.25, 0.3) is 5.69 Å². The first-order chi connectivity index (χ1) is 27.1. The van der Waals surface area contributed by atoms with Gasteiger partial charge in [0.15, 0.2) is 15.6 Å². The molecule has 1 atom stereocenters. The molecular weight excluding hydrogens is 817 g/mol. The summed E-state index contributed by atoms with van der Waals surface area (Å²) in [6, 6.07) is 25.8. The number of sulfone groups is 1. The smallest absolute Gasteiger partial charge is 0.363 e. The number of hydrogen-bond donors (Lipinski definition) is 3. The highest BCUT2D eigenvalue weighted by molar-refractivity contribution is 7.98. The number of aromatic hydroxyl groups is 1. The molecule has 0 saturated heterocycles. The molecule has 3 N–H and O–H groups in total. The van der Waals surface area contributed by atoms with Crippen LogP contribution >= 0.6 is 35.0 Å². The Morgan fingerprint density at radius 1 is 0.947 bits per heavy atom. The average molecular weight is 850 g/mol. The van der Waals surface area contributed by atoms with Gasteiger partial charge in [-0.05, 0) is 84.5 Å². The molecule has 0 aliphatic rings. The summed E-state index contributed by atoms with van der Waals surface area (Å²) in [5, 5.41) is 36.4. The number of phenols is 1. The predicted molar refractivity (Wildman–Crippen MR) is 214 cm³/mol. The first-order valence-electron chi connectivity index (χ1n) is 16.8. The van der Waals surface area contributed by atoms with E-state index in [0.717, 1.165) is 23.4 Å². The molecule has 0 bridgehead atoms. The van der Waals surface area contributed by atoms with Gasteiger partial charge in [0, 0.05) is 29.5 Å². The lowest BCUT2D eigenvalue weighted by Gasteiger charge is -2.18. The number of aromatic nitrogens is 4. The molecule has 57 heavy (non-hydrogen) atoms. The van der Waals surface area contributed by atoms with Gasteiger partial charge in [-0.2, -0.15) is 0 Å². The Morgan fingerprint density at radius 3 is 2.35 bits per heavy atom. The van der Waals surface area contributed by atoms with E-state index in [-0.39, 0.29) is 49.1 Å². The Balaban J connectivity index is 1.32. The van der Waals surface area contributed by atoms with Crippen LogP contribution in [-0.2, 0) is 27.4 Å². The van der Waals surface area contributed by atoms with Crippen LogP contribution in [0.2, 0.25) is 10.0 Å². The van der Waals surface area contributed by atoms with Gasteiger partial charge in [-0.15, -0.1) is 0 Å². The number of nitro benzene ring substituents is 1. The highest BCUT2D eigenvalue weighted by Gasteiger charge is 2.31. The molecule has 0 aliphatic heterocycles. The van der Waals surface area contributed by atoms with Gasteiger partial charge in [-0.25, -0.2) is 8.42 Å². The van der Waals surface area contributed by atoms with Crippen molar-refractivity contribution in [2.45, 2.75) is 34.9 Å². The van der Waals surface area contributed by atoms with Gasteiger partial charge in [-0.1, -0.05) is 69.8 Å². The molecule has 1 unspecified atom stereocenters. The monoisotopic (exact) mass is 848 g/mol. The summed E-state index contributed by atoms with van der Waals surface area (Å²) in [7, 11) is -2.50. The fourth-order valence-electron chi connectivity index (χ4n) is 5.31. The van der Waals surface area contributed by atoms with Crippen LogP contribution < -0.4 is 20.1 Å². The summed E-state index contributed by atoms with van der Waals surface area (Å²) in [6.45, 7) is 2.98. The molecule has 0 radical (unpaired) electrons. The predicted octanol–water partition coefficient (Wildman–Crippen LogP) is 7.46. The molecule has 0 saturated carbocycles. The summed E-state index contributed by atoms with van der Waals surface area (Å²) >= 11 is 13.4. The number of amides is 2. The number of ether oxygens (including phenoxy) is 1. The largest absolute Gasteiger partial charge is 0.506 e. The van der Waals surface area contributed by atoms with E-state index in [4.69, 9.17) is 27.9 Å². The molecule has 5 aromatic carbocycles. The van der Waals surface area contributed by atoms with Gasteiger partial charge < -0.3 is 20.5 Å². The Morgan fingerprint density at radius 2 is 1.67 bits per heavy atom. The Labute approximate surface area is 340 Å². The maximum absolute atomic E-state index is 13.5. The first kappa shape index (κ1) is 40.6. The third kappa shape index (κ3) is 9.35. The van der Waals surface area contributed by atoms with Gasteiger partial charge in [0.1, 0.15) is 23.7 Å². The van der Waals surface area contributed by atoms with Crippen LogP contribution in [-0.4, -0.2) is 50.6 Å². The lowest BCUT2D eigenvalue weighted by molar-refractivity contribution is -0.698. The van der Waals surface area contributed by atoms with Crippen LogP contribution in [0.3, 0.4) is 0 Å². The van der Waals surface area contributed by atoms with E-state index < -0.39 is 43.3 Å². The molecule has 15 nitrogen and oxygen atoms in total. The molecule has 19 heteroatoms. The minimum Gasteiger partial charge on any atom is -0.506 e. The molecule has 292 valence electrons. The van der Waals surface area contributed by atoms with Crippen molar-refractivity contribution in [3.05, 3.63) is 140 Å². The molecule has 6 aromatic rings. The number of tetrazole rings is 1. The van der Waals surface area contributed by atoms with Crippen LogP contribution in [0.15, 0.2) is 113 Å². The maximum Gasteiger partial charge on any atom is 0.363 e. The molecule has 0 spiro atoms. The number of para-hydroxylation sites is 1. The van der Waals surface area contributed by atoms with Gasteiger partial charge in [-0.3, -0.25) is 19.7 Å². The highest BCUT2D eigenvalue weighted by atomic mass is 35.5. The van der Waals surface area contributed by atoms with Crippen LogP contribution in [0.1, 0.15) is 28.4 Å². The number of halogens is 2. The van der Waals surface area contributed by atoms with Crippen molar-refractivity contribution in [3.8, 4) is 22.9 Å². The van der Waals surface area contributed by atoms with E-state index in [1.165, 1.54) is 65.9 Å². The minimum absolute atomic E-state index is 0.0821. The second kappa shape index (κ2) is 17.0. The Hall–Kier alpha value is -6.01. The maximum atomic E-state index is 13.5. The number of phenolic OH excluding ortho intramolecular Hbond substituents is 1. The van der Waals surface area contributed by atoms with Gasteiger partial charge in [0.2, 0.25) is 11.7 Å². The van der Waals surface area contributed by atoms with Crippen molar-refractivity contribution in [3.63, 3.8) is 0 Å². The molecule has 6 rings (SSSR count). The van der Waals surface area contributed by atoms with E-state index in [1.54, 1.807) is 36.9 Å². The molecule has 1 heterocycles. The lowest BCUT2D eigenvalue weighted by atomic mass is 10.1. The SMILES string of the molecule is Cc1ccc(S(=O)(=O)C(C)C(=O)Nc2cc(O)c(NC(=O)c3ccc(Cl)c(Cl)c3)cc2Oc2ccc(CSc3nn(C)n[n+]3-c3ccccc3)cc2[N+](=O)[O-])cc1. The number of aryl methyl sites for hydroxylation is 2. The molecular formula is C38H32Cl2N7O8S2+. The quantitative estimate of drug-likeness (QED) is 0.0343. The fourth-order valence-corrected chi connectivity index (χ4v) is 7.79. The zero-order chi connectivity index (χ0) is 41.0. The molecule has 0 fully saturated rings. The summed E-state index contributed by atoms with van der Waals surface area (Å²) in [5.74, 6) is -2.56. The Kier molecular flexibility index (Phi) is 12.1. The van der Waals surface area contributed by atoms with Crippen molar-refractivity contribution in [1.82, 2.24) is 15.1 Å². The Bertz CT molecular complexity index is 2630. The summed E-state index contributed by atoms with van der Waals surface area (Å²) in [5.41, 5.74) is 1.28. The average Bonchev–Trinajstić information content (AvgIpc) is 3.57. The van der Waals surface area contributed by atoms with Gasteiger partial charge in [0.25, 0.3) is 5.91 Å². The number of hydrogen-bond acceptors (Lipinski definition) is 11. The fraction of sp³-hybridized carbons (Fsp3) is 0.132. The highest BCUT2D eigenvalue weighted by Crippen LogP contribution is 2.42. The standard InChI is InChI=1S/C38H31Cl2N7O8S2/c1-22-9-13-27(14-10-22)57(53,54)23(2)36(49)42-31-19-33(48)30(41-37(50)25-12-15-28(39)29(40)18-25)20-35(31)55-34-16-11-24(17-32(34)47(51)52)21-56-38-43-45(3)44-46(38)26-7-5-4-6-8-26/h4-20,23,44H,21H2,1-3H3,(H,42,48,49)/p+1. The third-order valence-electron chi connectivity index (χ3n) is 8.41. The van der Waals surface area contributed by atoms with Gasteiger partial charge in [0.05, 0.1) is 41.6 Å². The van der Waals surface area contributed by atoms with Crippen molar-refractivity contribution in [1.29, 1.82) is 0 Å². The second-order valence-corrected chi connectivity index (χ2v) is 16.5. The number of carbonyl (C=O) groups excluding carboxylic acids is 2. The number of anilines is 2. The van der Waals surface area contributed by atoms with E-state index in [2.05, 4.69) is 20.9 Å². The van der Waals surface area contributed by atoms with Crippen molar-refractivity contribution in [2.75, 3.05) is 10.6 Å². The number of nitrogens with zero attached hydrogens (tertiary/aromatic N) is 5.